The number of benzene rings is 2. The SMILES string of the molecule is CC1(CC(=O)c2ccc3c(c2)C2(CCCC2)C(=O)N3c2ccccc2)CCS(=O)(=O)CC1.O=C(F)F. The Labute approximate surface area is 209 Å². The van der Waals surface area contributed by atoms with Gasteiger partial charge >= 0.3 is 6.29 Å². The predicted octanol–water partition coefficient (Wildman–Crippen LogP) is 6.01. The van der Waals surface area contributed by atoms with Gasteiger partial charge in [0, 0.05) is 17.7 Å². The molecule has 2 aliphatic heterocycles. The zero-order valence-electron chi connectivity index (χ0n) is 20.1. The van der Waals surface area contributed by atoms with E-state index in [0.29, 0.717) is 24.8 Å². The van der Waals surface area contributed by atoms with Gasteiger partial charge in [-0.3, -0.25) is 14.5 Å². The minimum atomic E-state index is -2.97. The van der Waals surface area contributed by atoms with E-state index in [1.807, 2.05) is 60.4 Å². The first-order valence-corrected chi connectivity index (χ1v) is 13.9. The summed E-state index contributed by atoms with van der Waals surface area (Å²) in [6.07, 6.45) is 2.21. The largest absolute Gasteiger partial charge is 0.483 e. The van der Waals surface area contributed by atoms with Gasteiger partial charge in [0.25, 0.3) is 0 Å². The van der Waals surface area contributed by atoms with Crippen molar-refractivity contribution in [3.8, 4) is 0 Å². The number of halogens is 2. The molecule has 1 spiro atoms. The number of sulfone groups is 1. The second kappa shape index (κ2) is 9.84. The van der Waals surface area contributed by atoms with E-state index >= 15 is 0 Å². The van der Waals surface area contributed by atoms with Gasteiger partial charge in [-0.25, -0.2) is 13.2 Å². The monoisotopic (exact) mass is 517 g/mol. The number of nitrogens with zero attached hydrogens (tertiary/aromatic N) is 1. The molecule has 6 nitrogen and oxygen atoms in total. The van der Waals surface area contributed by atoms with Gasteiger partial charge in [0.2, 0.25) is 5.91 Å². The molecule has 1 saturated heterocycles. The van der Waals surface area contributed by atoms with Crippen molar-refractivity contribution in [3.63, 3.8) is 0 Å². The third kappa shape index (κ3) is 5.12. The lowest BCUT2D eigenvalue weighted by atomic mass is 9.77. The van der Waals surface area contributed by atoms with Gasteiger partial charge in [-0.2, -0.15) is 0 Å². The second-order valence-electron chi connectivity index (χ2n) is 10.3. The van der Waals surface area contributed by atoms with Crippen molar-refractivity contribution >= 4 is 39.2 Å². The minimum Gasteiger partial charge on any atom is -0.294 e. The van der Waals surface area contributed by atoms with Gasteiger partial charge in [-0.05, 0) is 67.0 Å². The number of ketones is 1. The summed E-state index contributed by atoms with van der Waals surface area (Å²) in [6.45, 7) is 2.02. The van der Waals surface area contributed by atoms with Gasteiger partial charge in [0.1, 0.15) is 9.84 Å². The molecule has 0 N–H and O–H groups in total. The fourth-order valence-electron chi connectivity index (χ4n) is 5.72. The first-order chi connectivity index (χ1) is 17.0. The minimum absolute atomic E-state index is 0.0355. The predicted molar refractivity (Wildman–Crippen MR) is 133 cm³/mol. The van der Waals surface area contributed by atoms with E-state index in [1.54, 1.807) is 0 Å². The lowest BCUT2D eigenvalue weighted by Gasteiger charge is -2.32. The summed E-state index contributed by atoms with van der Waals surface area (Å²) >= 11 is 0. The topological polar surface area (TPSA) is 88.6 Å². The number of fused-ring (bicyclic) bond motifs is 2. The Balaban J connectivity index is 0.000000709. The van der Waals surface area contributed by atoms with Crippen LogP contribution in [-0.4, -0.2) is 37.9 Å². The molecule has 2 aromatic carbocycles. The van der Waals surface area contributed by atoms with Crippen molar-refractivity contribution in [1.82, 2.24) is 0 Å². The van der Waals surface area contributed by atoms with Crippen LogP contribution in [0.15, 0.2) is 48.5 Å². The van der Waals surface area contributed by atoms with Gasteiger partial charge in [-0.1, -0.05) is 38.0 Å². The first kappa shape index (κ1) is 26.1. The van der Waals surface area contributed by atoms with E-state index in [1.165, 1.54) is 0 Å². The molecule has 192 valence electrons. The van der Waals surface area contributed by atoms with E-state index in [4.69, 9.17) is 4.79 Å². The molecule has 0 radical (unpaired) electrons. The Kier molecular flexibility index (Phi) is 7.14. The number of hydrogen-bond donors (Lipinski definition) is 0. The number of carbonyl (C=O) groups excluding carboxylic acids is 3. The van der Waals surface area contributed by atoms with Gasteiger partial charge < -0.3 is 0 Å². The molecule has 1 amide bonds. The van der Waals surface area contributed by atoms with Crippen LogP contribution >= 0.6 is 0 Å². The molecule has 0 aromatic heterocycles. The number of amides is 1. The number of para-hydroxylation sites is 1. The van der Waals surface area contributed by atoms with Gasteiger partial charge in [0.15, 0.2) is 5.78 Å². The molecule has 3 aliphatic rings. The summed E-state index contributed by atoms with van der Waals surface area (Å²) in [7, 11) is -2.97. The van der Waals surface area contributed by atoms with Crippen molar-refractivity contribution < 1.29 is 31.6 Å². The number of Topliss-reactive ketones (excluding diaryl/α,β-unsaturated/α-hetero) is 1. The van der Waals surface area contributed by atoms with Crippen LogP contribution in [0.5, 0.6) is 0 Å². The molecule has 36 heavy (non-hydrogen) atoms. The highest BCUT2D eigenvalue weighted by Crippen LogP contribution is 2.53. The summed E-state index contributed by atoms with van der Waals surface area (Å²) in [5.74, 6) is 0.466. The van der Waals surface area contributed by atoms with Crippen molar-refractivity contribution in [2.45, 2.75) is 57.3 Å². The second-order valence-corrected chi connectivity index (χ2v) is 12.6. The van der Waals surface area contributed by atoms with Crippen molar-refractivity contribution in [2.75, 3.05) is 16.4 Å². The maximum absolute atomic E-state index is 13.7. The van der Waals surface area contributed by atoms with Gasteiger partial charge in [-0.15, -0.1) is 8.78 Å². The molecule has 2 fully saturated rings. The van der Waals surface area contributed by atoms with Crippen LogP contribution in [0.25, 0.3) is 0 Å². The molecule has 0 atom stereocenters. The Bertz CT molecular complexity index is 1270. The maximum atomic E-state index is 13.7. The van der Waals surface area contributed by atoms with E-state index in [9.17, 15) is 26.8 Å². The van der Waals surface area contributed by atoms with Crippen LogP contribution in [-0.2, 0) is 20.0 Å². The fraction of sp³-hybridized carbons (Fsp3) is 0.444. The third-order valence-corrected chi connectivity index (χ3v) is 9.43. The van der Waals surface area contributed by atoms with Crippen molar-refractivity contribution in [2.24, 2.45) is 5.41 Å². The summed E-state index contributed by atoms with van der Waals surface area (Å²) in [5, 5.41) is 0. The van der Waals surface area contributed by atoms with Crippen molar-refractivity contribution in [3.05, 3.63) is 59.7 Å². The number of carbonyl (C=O) groups is 3. The molecule has 5 rings (SSSR count). The third-order valence-electron chi connectivity index (χ3n) is 7.78. The molecule has 1 saturated carbocycles. The van der Waals surface area contributed by atoms with Crippen LogP contribution in [0.4, 0.5) is 25.0 Å². The molecule has 1 aliphatic carbocycles. The normalized spacial score (nSPS) is 21.0. The van der Waals surface area contributed by atoms with Crippen LogP contribution in [0.1, 0.15) is 67.8 Å². The zero-order chi connectivity index (χ0) is 26.1. The van der Waals surface area contributed by atoms with E-state index in [2.05, 4.69) is 0 Å². The van der Waals surface area contributed by atoms with Crippen molar-refractivity contribution in [1.29, 1.82) is 0 Å². The molecule has 2 heterocycles. The quantitative estimate of drug-likeness (QED) is 0.366. The van der Waals surface area contributed by atoms with Crippen LogP contribution < -0.4 is 4.90 Å². The summed E-state index contributed by atoms with van der Waals surface area (Å²) in [4.78, 5) is 36.9. The molecule has 0 bridgehead atoms. The first-order valence-electron chi connectivity index (χ1n) is 12.1. The Morgan fingerprint density at radius 2 is 1.53 bits per heavy atom. The average molecular weight is 518 g/mol. The highest BCUT2D eigenvalue weighted by molar-refractivity contribution is 7.91. The zero-order valence-corrected chi connectivity index (χ0v) is 21.0. The fourth-order valence-corrected chi connectivity index (χ4v) is 7.53. The molecular weight excluding hydrogens is 488 g/mol. The van der Waals surface area contributed by atoms with Crippen LogP contribution in [0.3, 0.4) is 0 Å². The molecular formula is C27H29F2NO5S. The summed E-state index contributed by atoms with van der Waals surface area (Å²) in [6, 6.07) is 15.4. The van der Waals surface area contributed by atoms with Crippen LogP contribution in [0, 0.1) is 5.41 Å². The number of rotatable bonds is 4. The van der Waals surface area contributed by atoms with E-state index in [-0.39, 0.29) is 28.6 Å². The number of hydrogen-bond acceptors (Lipinski definition) is 5. The average Bonchev–Trinajstić information content (AvgIpc) is 3.41. The maximum Gasteiger partial charge on any atom is 0.483 e. The Morgan fingerprint density at radius 3 is 2.11 bits per heavy atom. The van der Waals surface area contributed by atoms with E-state index < -0.39 is 21.5 Å². The Hall–Kier alpha value is -2.94. The highest BCUT2D eigenvalue weighted by Gasteiger charge is 2.52. The highest BCUT2D eigenvalue weighted by atomic mass is 32.2. The number of anilines is 2. The molecule has 9 heteroatoms. The molecule has 2 aromatic rings. The smallest absolute Gasteiger partial charge is 0.294 e. The molecule has 0 unspecified atom stereocenters. The van der Waals surface area contributed by atoms with Crippen LogP contribution in [0.2, 0.25) is 0 Å². The standard InChI is InChI=1S/C26H29NO4S.CF2O/c1-25(13-15-32(30,31)16-14-25)18-23(28)19-9-10-22-21(17-19)26(11-5-6-12-26)24(29)27(22)20-7-3-2-4-8-20;2-1(3)4/h2-4,7-10,17H,5-6,11-16,18H2,1H3;. The van der Waals surface area contributed by atoms with E-state index in [0.717, 1.165) is 42.6 Å². The van der Waals surface area contributed by atoms with Gasteiger partial charge in [0.05, 0.1) is 22.6 Å². The Morgan fingerprint density at radius 1 is 0.944 bits per heavy atom. The lowest BCUT2D eigenvalue weighted by molar-refractivity contribution is -0.122. The summed E-state index contributed by atoms with van der Waals surface area (Å²) in [5.41, 5.74) is 2.52. The summed E-state index contributed by atoms with van der Waals surface area (Å²) < 4.78 is 43.0. The lowest BCUT2D eigenvalue weighted by Crippen LogP contribution is -2.36.